The summed E-state index contributed by atoms with van der Waals surface area (Å²) in [6.45, 7) is 3.68. The van der Waals surface area contributed by atoms with Gasteiger partial charge >= 0.3 is 0 Å². The lowest BCUT2D eigenvalue weighted by Gasteiger charge is -2.07. The molecule has 0 aliphatic carbocycles. The molecule has 2 N–H and O–H groups in total. The first-order valence-electron chi connectivity index (χ1n) is 4.20. The minimum absolute atomic E-state index is 0.289. The first-order chi connectivity index (χ1) is 5.83. The molecule has 0 aromatic carbocycles. The third kappa shape index (κ3) is 3.20. The molecule has 0 fully saturated rings. The predicted molar refractivity (Wildman–Crippen MR) is 55.4 cm³/mol. The van der Waals surface area contributed by atoms with Crippen molar-refractivity contribution < 1.29 is 0 Å². The topological polar surface area (TPSA) is 26.0 Å². The maximum Gasteiger partial charge on any atom is 0.00825 e. The average molecular weight is 181 g/mol. The van der Waals surface area contributed by atoms with E-state index in [0.29, 0.717) is 0 Å². The fourth-order valence-electron chi connectivity index (χ4n) is 1.15. The maximum atomic E-state index is 5.91. The molecule has 1 aromatic rings. The van der Waals surface area contributed by atoms with Gasteiger partial charge in [0.15, 0.2) is 0 Å². The Balaban J connectivity index is 2.26. The van der Waals surface area contributed by atoms with E-state index in [1.54, 1.807) is 11.3 Å². The Morgan fingerprint density at radius 3 is 3.08 bits per heavy atom. The lowest BCUT2D eigenvalue weighted by atomic mass is 10.1. The SMILES string of the molecule is C=CCCC(N)Cc1ccsc1. The van der Waals surface area contributed by atoms with Crippen LogP contribution in [0.5, 0.6) is 0 Å². The second-order valence-electron chi connectivity index (χ2n) is 2.96. The van der Waals surface area contributed by atoms with Crippen molar-refractivity contribution in [3.8, 4) is 0 Å². The van der Waals surface area contributed by atoms with Gasteiger partial charge in [-0.05, 0) is 41.7 Å². The van der Waals surface area contributed by atoms with E-state index in [-0.39, 0.29) is 6.04 Å². The molecule has 1 heterocycles. The Hall–Kier alpha value is -0.600. The van der Waals surface area contributed by atoms with E-state index in [2.05, 4.69) is 23.4 Å². The summed E-state index contributed by atoms with van der Waals surface area (Å²) in [6.07, 6.45) is 4.98. The largest absolute Gasteiger partial charge is 0.327 e. The number of rotatable bonds is 5. The van der Waals surface area contributed by atoms with Gasteiger partial charge in [0.1, 0.15) is 0 Å². The van der Waals surface area contributed by atoms with E-state index in [1.807, 2.05) is 6.08 Å². The van der Waals surface area contributed by atoms with Crippen molar-refractivity contribution in [3.63, 3.8) is 0 Å². The second-order valence-corrected chi connectivity index (χ2v) is 3.74. The van der Waals surface area contributed by atoms with Crippen LogP contribution in [0.25, 0.3) is 0 Å². The summed E-state index contributed by atoms with van der Waals surface area (Å²) in [6, 6.07) is 2.43. The molecule has 0 amide bonds. The van der Waals surface area contributed by atoms with Crippen LogP contribution in [0.15, 0.2) is 29.5 Å². The van der Waals surface area contributed by atoms with Gasteiger partial charge in [0.05, 0.1) is 0 Å². The molecular weight excluding hydrogens is 166 g/mol. The van der Waals surface area contributed by atoms with Crippen LogP contribution in [0.1, 0.15) is 18.4 Å². The minimum Gasteiger partial charge on any atom is -0.327 e. The summed E-state index contributed by atoms with van der Waals surface area (Å²) in [4.78, 5) is 0. The van der Waals surface area contributed by atoms with Crippen molar-refractivity contribution in [2.45, 2.75) is 25.3 Å². The van der Waals surface area contributed by atoms with E-state index >= 15 is 0 Å². The zero-order valence-electron chi connectivity index (χ0n) is 7.20. The molecular formula is C10H15NS. The smallest absolute Gasteiger partial charge is 0.00825 e. The molecule has 0 saturated heterocycles. The lowest BCUT2D eigenvalue weighted by Crippen LogP contribution is -2.21. The highest BCUT2D eigenvalue weighted by molar-refractivity contribution is 7.07. The Morgan fingerprint density at radius 2 is 2.50 bits per heavy atom. The molecule has 1 nitrogen and oxygen atoms in total. The van der Waals surface area contributed by atoms with Crippen LogP contribution in [-0.2, 0) is 6.42 Å². The van der Waals surface area contributed by atoms with Crippen LogP contribution in [0.3, 0.4) is 0 Å². The zero-order chi connectivity index (χ0) is 8.81. The minimum atomic E-state index is 0.289. The van der Waals surface area contributed by atoms with Crippen molar-refractivity contribution in [2.75, 3.05) is 0 Å². The molecule has 66 valence electrons. The number of allylic oxidation sites excluding steroid dienone is 1. The fourth-order valence-corrected chi connectivity index (χ4v) is 1.83. The molecule has 1 atom stereocenters. The van der Waals surface area contributed by atoms with E-state index in [9.17, 15) is 0 Å². The van der Waals surface area contributed by atoms with Gasteiger partial charge in [-0.15, -0.1) is 6.58 Å². The molecule has 12 heavy (non-hydrogen) atoms. The number of thiophene rings is 1. The van der Waals surface area contributed by atoms with Gasteiger partial charge in [0, 0.05) is 6.04 Å². The summed E-state index contributed by atoms with van der Waals surface area (Å²) >= 11 is 1.73. The lowest BCUT2D eigenvalue weighted by molar-refractivity contribution is 0.619. The fraction of sp³-hybridized carbons (Fsp3) is 0.400. The zero-order valence-corrected chi connectivity index (χ0v) is 8.02. The summed E-state index contributed by atoms with van der Waals surface area (Å²) in [5, 5.41) is 4.25. The van der Waals surface area contributed by atoms with E-state index < -0.39 is 0 Å². The average Bonchev–Trinajstić information content (AvgIpc) is 2.53. The highest BCUT2D eigenvalue weighted by Crippen LogP contribution is 2.09. The Labute approximate surface area is 77.9 Å². The molecule has 0 radical (unpaired) electrons. The predicted octanol–water partition coefficient (Wildman–Crippen LogP) is 2.58. The molecule has 0 spiro atoms. The van der Waals surface area contributed by atoms with E-state index in [4.69, 9.17) is 5.73 Å². The summed E-state index contributed by atoms with van der Waals surface area (Å²) < 4.78 is 0. The van der Waals surface area contributed by atoms with Crippen LogP contribution in [0, 0.1) is 0 Å². The maximum absolute atomic E-state index is 5.91. The number of hydrogen-bond acceptors (Lipinski definition) is 2. The molecule has 0 bridgehead atoms. The van der Waals surface area contributed by atoms with Gasteiger partial charge in [-0.2, -0.15) is 11.3 Å². The molecule has 0 aliphatic rings. The number of hydrogen-bond donors (Lipinski definition) is 1. The third-order valence-electron chi connectivity index (χ3n) is 1.82. The summed E-state index contributed by atoms with van der Waals surface area (Å²) in [7, 11) is 0. The van der Waals surface area contributed by atoms with Crippen LogP contribution in [0.4, 0.5) is 0 Å². The Morgan fingerprint density at radius 1 is 1.67 bits per heavy atom. The van der Waals surface area contributed by atoms with Gasteiger partial charge in [-0.3, -0.25) is 0 Å². The van der Waals surface area contributed by atoms with Gasteiger partial charge in [-0.25, -0.2) is 0 Å². The molecule has 0 aliphatic heterocycles. The van der Waals surface area contributed by atoms with Crippen LogP contribution in [0.2, 0.25) is 0 Å². The van der Waals surface area contributed by atoms with Crippen molar-refractivity contribution in [2.24, 2.45) is 5.73 Å². The molecule has 1 aromatic heterocycles. The van der Waals surface area contributed by atoms with Gasteiger partial charge in [0.25, 0.3) is 0 Å². The highest BCUT2D eigenvalue weighted by Gasteiger charge is 2.02. The standard InChI is InChI=1S/C10H15NS/c1-2-3-4-10(11)7-9-5-6-12-8-9/h2,5-6,8,10H,1,3-4,7,11H2. The summed E-state index contributed by atoms with van der Waals surface area (Å²) in [5.74, 6) is 0. The van der Waals surface area contributed by atoms with Gasteiger partial charge in [-0.1, -0.05) is 6.08 Å². The van der Waals surface area contributed by atoms with Crippen molar-refractivity contribution in [3.05, 3.63) is 35.0 Å². The Bertz CT molecular complexity index is 216. The van der Waals surface area contributed by atoms with Crippen LogP contribution in [-0.4, -0.2) is 6.04 Å². The van der Waals surface area contributed by atoms with Crippen molar-refractivity contribution >= 4 is 11.3 Å². The first-order valence-corrected chi connectivity index (χ1v) is 5.14. The highest BCUT2D eigenvalue weighted by atomic mass is 32.1. The third-order valence-corrected chi connectivity index (χ3v) is 2.55. The van der Waals surface area contributed by atoms with E-state index in [1.165, 1.54) is 5.56 Å². The summed E-state index contributed by atoms with van der Waals surface area (Å²) in [5.41, 5.74) is 7.27. The first kappa shape index (κ1) is 9.49. The molecule has 2 heteroatoms. The van der Waals surface area contributed by atoms with Crippen LogP contribution >= 0.6 is 11.3 Å². The van der Waals surface area contributed by atoms with E-state index in [0.717, 1.165) is 19.3 Å². The second kappa shape index (κ2) is 5.12. The Kier molecular flexibility index (Phi) is 4.05. The molecule has 1 rings (SSSR count). The molecule has 1 unspecified atom stereocenters. The normalized spacial score (nSPS) is 12.8. The van der Waals surface area contributed by atoms with Gasteiger partial charge in [0.2, 0.25) is 0 Å². The van der Waals surface area contributed by atoms with Crippen molar-refractivity contribution in [1.29, 1.82) is 0 Å². The quantitative estimate of drug-likeness (QED) is 0.694. The van der Waals surface area contributed by atoms with Gasteiger partial charge < -0.3 is 5.73 Å². The monoisotopic (exact) mass is 181 g/mol. The van der Waals surface area contributed by atoms with Crippen molar-refractivity contribution in [1.82, 2.24) is 0 Å². The molecule has 0 saturated carbocycles. The number of nitrogens with two attached hydrogens (primary N) is 1. The van der Waals surface area contributed by atoms with Crippen LogP contribution < -0.4 is 5.73 Å².